The highest BCUT2D eigenvalue weighted by molar-refractivity contribution is 4.81. The summed E-state index contributed by atoms with van der Waals surface area (Å²) in [5, 5.41) is 0. The van der Waals surface area contributed by atoms with Gasteiger partial charge < -0.3 is 5.73 Å². The van der Waals surface area contributed by atoms with E-state index in [9.17, 15) is 0 Å². The van der Waals surface area contributed by atoms with Crippen molar-refractivity contribution < 1.29 is 0 Å². The summed E-state index contributed by atoms with van der Waals surface area (Å²) in [6, 6.07) is 0.492. The Balaban J connectivity index is 2.25. The number of rotatable bonds is 4. The summed E-state index contributed by atoms with van der Waals surface area (Å²) in [5.41, 5.74) is 6.11. The molecule has 0 amide bonds. The van der Waals surface area contributed by atoms with E-state index in [1.807, 2.05) is 0 Å². The van der Waals surface area contributed by atoms with E-state index in [2.05, 4.69) is 13.8 Å². The molecule has 2 N–H and O–H groups in total. The highest BCUT2D eigenvalue weighted by atomic mass is 14.7. The van der Waals surface area contributed by atoms with Crippen LogP contribution in [0, 0.1) is 11.8 Å². The maximum Gasteiger partial charge on any atom is 0.00671 e. The molecule has 1 rings (SSSR count). The number of hydrogen-bond donors (Lipinski definition) is 1. The number of nitrogens with two attached hydrogens (primary N) is 1. The molecule has 1 nitrogen and oxygen atoms in total. The van der Waals surface area contributed by atoms with Gasteiger partial charge in [-0.05, 0) is 31.1 Å². The van der Waals surface area contributed by atoms with Crippen molar-refractivity contribution in [1.29, 1.82) is 0 Å². The van der Waals surface area contributed by atoms with Crippen molar-refractivity contribution >= 4 is 0 Å². The first-order valence-corrected chi connectivity index (χ1v) is 5.53. The first-order chi connectivity index (χ1) is 5.77. The first kappa shape index (κ1) is 10.0. The minimum atomic E-state index is 0.492. The Morgan fingerprint density at radius 2 is 2.08 bits per heavy atom. The van der Waals surface area contributed by atoms with E-state index in [1.54, 1.807) is 0 Å². The zero-order valence-electron chi connectivity index (χ0n) is 8.55. The SMILES string of the molecule is CCC[C@@H](N)C1CCC(CC)C1. The van der Waals surface area contributed by atoms with Gasteiger partial charge >= 0.3 is 0 Å². The van der Waals surface area contributed by atoms with Crippen LogP contribution in [-0.4, -0.2) is 6.04 Å². The third-order valence-corrected chi connectivity index (χ3v) is 3.39. The lowest BCUT2D eigenvalue weighted by molar-refractivity contribution is 0.387. The van der Waals surface area contributed by atoms with Crippen LogP contribution in [0.15, 0.2) is 0 Å². The lowest BCUT2D eigenvalue weighted by atomic mass is 9.93. The van der Waals surface area contributed by atoms with E-state index in [4.69, 9.17) is 5.73 Å². The quantitative estimate of drug-likeness (QED) is 0.688. The monoisotopic (exact) mass is 169 g/mol. The summed E-state index contributed by atoms with van der Waals surface area (Å²) >= 11 is 0. The van der Waals surface area contributed by atoms with Crippen LogP contribution in [0.3, 0.4) is 0 Å². The van der Waals surface area contributed by atoms with Crippen molar-refractivity contribution in [1.82, 2.24) is 0 Å². The molecule has 1 aliphatic carbocycles. The predicted molar refractivity (Wildman–Crippen MR) is 54.0 cm³/mol. The molecule has 0 aromatic heterocycles. The summed E-state index contributed by atoms with van der Waals surface area (Å²) in [4.78, 5) is 0. The van der Waals surface area contributed by atoms with Crippen molar-refractivity contribution in [2.24, 2.45) is 17.6 Å². The van der Waals surface area contributed by atoms with E-state index in [0.717, 1.165) is 11.8 Å². The largest absolute Gasteiger partial charge is 0.327 e. The maximum atomic E-state index is 6.11. The van der Waals surface area contributed by atoms with Crippen molar-refractivity contribution in [3.05, 3.63) is 0 Å². The Kier molecular flexibility index (Phi) is 4.07. The molecule has 1 heteroatoms. The molecular weight excluding hydrogens is 146 g/mol. The fourth-order valence-electron chi connectivity index (χ4n) is 2.44. The summed E-state index contributed by atoms with van der Waals surface area (Å²) in [6.45, 7) is 4.53. The number of hydrogen-bond acceptors (Lipinski definition) is 1. The summed E-state index contributed by atoms with van der Waals surface area (Å²) < 4.78 is 0. The second kappa shape index (κ2) is 4.86. The molecule has 12 heavy (non-hydrogen) atoms. The van der Waals surface area contributed by atoms with Gasteiger partial charge in [0.25, 0.3) is 0 Å². The van der Waals surface area contributed by atoms with Gasteiger partial charge in [0.1, 0.15) is 0 Å². The Bertz CT molecular complexity index is 122. The molecule has 3 atom stereocenters. The highest BCUT2D eigenvalue weighted by Crippen LogP contribution is 2.35. The first-order valence-electron chi connectivity index (χ1n) is 5.53. The molecule has 0 radical (unpaired) electrons. The van der Waals surface area contributed by atoms with Gasteiger partial charge in [0.05, 0.1) is 0 Å². The van der Waals surface area contributed by atoms with Crippen molar-refractivity contribution in [2.45, 2.75) is 58.4 Å². The smallest absolute Gasteiger partial charge is 0.00671 e. The maximum absolute atomic E-state index is 6.11. The van der Waals surface area contributed by atoms with Gasteiger partial charge in [-0.15, -0.1) is 0 Å². The topological polar surface area (TPSA) is 26.0 Å². The zero-order valence-corrected chi connectivity index (χ0v) is 8.55. The van der Waals surface area contributed by atoms with E-state index in [-0.39, 0.29) is 0 Å². The molecule has 0 bridgehead atoms. The van der Waals surface area contributed by atoms with Gasteiger partial charge in [-0.1, -0.05) is 33.1 Å². The Morgan fingerprint density at radius 3 is 2.58 bits per heavy atom. The van der Waals surface area contributed by atoms with Gasteiger partial charge in [-0.25, -0.2) is 0 Å². The molecule has 2 unspecified atom stereocenters. The lowest BCUT2D eigenvalue weighted by Crippen LogP contribution is -2.28. The fourth-order valence-corrected chi connectivity index (χ4v) is 2.44. The molecule has 0 saturated heterocycles. The Hall–Kier alpha value is -0.0400. The lowest BCUT2D eigenvalue weighted by Gasteiger charge is -2.18. The van der Waals surface area contributed by atoms with Crippen molar-refractivity contribution in [2.75, 3.05) is 0 Å². The third kappa shape index (κ3) is 2.48. The molecule has 0 heterocycles. The van der Waals surface area contributed by atoms with Crippen LogP contribution < -0.4 is 5.73 Å². The molecule has 1 aliphatic rings. The van der Waals surface area contributed by atoms with Crippen LogP contribution in [0.1, 0.15) is 52.4 Å². The van der Waals surface area contributed by atoms with Crippen LogP contribution in [0.2, 0.25) is 0 Å². The molecule has 0 aromatic rings. The minimum absolute atomic E-state index is 0.492. The van der Waals surface area contributed by atoms with Gasteiger partial charge in [0, 0.05) is 6.04 Å². The van der Waals surface area contributed by atoms with Gasteiger partial charge in [0.2, 0.25) is 0 Å². The van der Waals surface area contributed by atoms with Gasteiger partial charge in [-0.2, -0.15) is 0 Å². The Morgan fingerprint density at radius 1 is 1.33 bits per heavy atom. The molecule has 72 valence electrons. The highest BCUT2D eigenvalue weighted by Gasteiger charge is 2.27. The van der Waals surface area contributed by atoms with Crippen LogP contribution in [0.25, 0.3) is 0 Å². The van der Waals surface area contributed by atoms with E-state index in [0.29, 0.717) is 6.04 Å². The van der Waals surface area contributed by atoms with Crippen LogP contribution in [-0.2, 0) is 0 Å². The molecule has 0 spiro atoms. The van der Waals surface area contributed by atoms with E-state index < -0.39 is 0 Å². The normalized spacial score (nSPS) is 32.2. The van der Waals surface area contributed by atoms with Crippen molar-refractivity contribution in [3.63, 3.8) is 0 Å². The minimum Gasteiger partial charge on any atom is -0.327 e. The second-order valence-corrected chi connectivity index (χ2v) is 4.30. The van der Waals surface area contributed by atoms with Gasteiger partial charge in [0.15, 0.2) is 0 Å². The van der Waals surface area contributed by atoms with Crippen LogP contribution >= 0.6 is 0 Å². The van der Waals surface area contributed by atoms with Crippen molar-refractivity contribution in [3.8, 4) is 0 Å². The molecule has 1 fully saturated rings. The molecule has 0 aromatic carbocycles. The average Bonchev–Trinajstić information content (AvgIpc) is 2.52. The van der Waals surface area contributed by atoms with Crippen LogP contribution in [0.5, 0.6) is 0 Å². The predicted octanol–water partition coefficient (Wildman–Crippen LogP) is 2.94. The molecule has 0 aliphatic heterocycles. The Labute approximate surface area is 76.7 Å². The average molecular weight is 169 g/mol. The fraction of sp³-hybridized carbons (Fsp3) is 1.00. The summed E-state index contributed by atoms with van der Waals surface area (Å²) in [6.07, 6.45) is 8.04. The second-order valence-electron chi connectivity index (χ2n) is 4.30. The van der Waals surface area contributed by atoms with Gasteiger partial charge in [-0.3, -0.25) is 0 Å². The standard InChI is InChI=1S/C11H23N/c1-3-5-11(12)10-7-6-9(4-2)8-10/h9-11H,3-8,12H2,1-2H3/t9?,10?,11-/m1/s1. The third-order valence-electron chi connectivity index (χ3n) is 3.39. The molecule has 1 saturated carbocycles. The molecular formula is C11H23N. The van der Waals surface area contributed by atoms with Crippen LogP contribution in [0.4, 0.5) is 0 Å². The zero-order chi connectivity index (χ0) is 8.97. The summed E-state index contributed by atoms with van der Waals surface area (Å²) in [7, 11) is 0. The summed E-state index contributed by atoms with van der Waals surface area (Å²) in [5.74, 6) is 1.83. The van der Waals surface area contributed by atoms with E-state index in [1.165, 1.54) is 38.5 Å². The van der Waals surface area contributed by atoms with E-state index >= 15 is 0 Å².